The number of hydrogen-bond acceptors (Lipinski definition) is 6. The number of rotatable bonds is 10. The predicted octanol–water partition coefficient (Wildman–Crippen LogP) is 3.20. The number of fused-ring (bicyclic) bond motifs is 1. The Morgan fingerprint density at radius 3 is 2.64 bits per heavy atom. The number of halogens is 1. The second kappa shape index (κ2) is 10.5. The highest BCUT2D eigenvalue weighted by Gasteiger charge is 2.75. The third kappa shape index (κ3) is 4.13. The fourth-order valence-corrected chi connectivity index (χ4v) is 6.39. The first-order valence-corrected chi connectivity index (χ1v) is 13.1. The van der Waals surface area contributed by atoms with Gasteiger partial charge < -0.3 is 24.4 Å². The van der Waals surface area contributed by atoms with Crippen molar-refractivity contribution in [2.24, 2.45) is 17.8 Å². The van der Waals surface area contributed by atoms with Crippen LogP contribution in [0.1, 0.15) is 40.0 Å². The number of ether oxygens (including phenoxy) is 2. The average molecular weight is 519 g/mol. The summed E-state index contributed by atoms with van der Waals surface area (Å²) in [5.74, 6) is -2.82. The topological polar surface area (TPSA) is 96.4 Å². The first kappa shape index (κ1) is 26.6. The van der Waals surface area contributed by atoms with Crippen LogP contribution >= 0.6 is 11.6 Å². The Morgan fingerprint density at radius 2 is 2.06 bits per heavy atom. The van der Waals surface area contributed by atoms with E-state index in [1.165, 1.54) is 4.90 Å². The summed E-state index contributed by atoms with van der Waals surface area (Å²) >= 11 is 6.08. The van der Waals surface area contributed by atoms with Crippen LogP contribution in [-0.2, 0) is 23.9 Å². The lowest BCUT2D eigenvalue weighted by molar-refractivity contribution is -0.155. The molecule has 0 unspecified atom stereocenters. The van der Waals surface area contributed by atoms with Gasteiger partial charge >= 0.3 is 5.97 Å². The molecule has 9 heteroatoms. The van der Waals surface area contributed by atoms with Crippen LogP contribution in [0.25, 0.3) is 0 Å². The third-order valence-corrected chi connectivity index (χ3v) is 8.34. The summed E-state index contributed by atoms with van der Waals surface area (Å²) in [6.07, 6.45) is 2.87. The van der Waals surface area contributed by atoms with E-state index in [-0.39, 0.29) is 37.5 Å². The number of carbonyl (C=O) groups is 3. The van der Waals surface area contributed by atoms with E-state index in [1.807, 2.05) is 13.8 Å². The molecule has 3 fully saturated rings. The third-order valence-electron chi connectivity index (χ3n) is 8.09. The van der Waals surface area contributed by atoms with Crippen molar-refractivity contribution in [3.05, 3.63) is 41.9 Å². The molecule has 1 spiro atoms. The number of amides is 2. The largest absolute Gasteiger partial charge is 0.466 e. The summed E-state index contributed by atoms with van der Waals surface area (Å²) < 4.78 is 11.8. The van der Waals surface area contributed by atoms with Crippen LogP contribution < -0.4 is 4.90 Å². The zero-order chi connectivity index (χ0) is 26.2. The molecule has 0 aliphatic carbocycles. The molecule has 1 aromatic carbocycles. The number of carbonyl (C=O) groups excluding carboxylic acids is 3. The number of hydrogen-bond donors (Lipinski definition) is 1. The predicted molar refractivity (Wildman–Crippen MR) is 135 cm³/mol. The number of aliphatic hydroxyl groups is 1. The Hall–Kier alpha value is -2.42. The van der Waals surface area contributed by atoms with E-state index >= 15 is 0 Å². The molecular formula is C27H35ClN2O6. The van der Waals surface area contributed by atoms with Gasteiger partial charge in [0, 0.05) is 17.3 Å². The second-order valence-electron chi connectivity index (χ2n) is 9.90. The fourth-order valence-electron chi connectivity index (χ4n) is 6.27. The summed E-state index contributed by atoms with van der Waals surface area (Å²) in [6, 6.07) is 5.28. The van der Waals surface area contributed by atoms with Crippen LogP contribution in [0.15, 0.2) is 36.9 Å². The number of esters is 1. The summed E-state index contributed by atoms with van der Waals surface area (Å²) in [4.78, 5) is 44.6. The molecule has 3 aliphatic heterocycles. The Kier molecular flexibility index (Phi) is 7.78. The van der Waals surface area contributed by atoms with Crippen LogP contribution in [-0.4, -0.2) is 71.3 Å². The van der Waals surface area contributed by atoms with E-state index in [4.69, 9.17) is 21.1 Å². The molecule has 2 amide bonds. The smallest absolute Gasteiger partial charge is 0.312 e. The van der Waals surface area contributed by atoms with Crippen molar-refractivity contribution in [3.8, 4) is 0 Å². The zero-order valence-corrected chi connectivity index (χ0v) is 21.8. The van der Waals surface area contributed by atoms with Crippen molar-refractivity contribution >= 4 is 35.1 Å². The molecule has 0 saturated carbocycles. The van der Waals surface area contributed by atoms with Gasteiger partial charge in [-0.25, -0.2) is 0 Å². The van der Waals surface area contributed by atoms with Crippen molar-refractivity contribution in [3.63, 3.8) is 0 Å². The van der Waals surface area contributed by atoms with Gasteiger partial charge in [-0.2, -0.15) is 0 Å². The van der Waals surface area contributed by atoms with E-state index in [2.05, 4.69) is 6.58 Å². The van der Waals surface area contributed by atoms with Gasteiger partial charge in [0.1, 0.15) is 11.6 Å². The molecule has 3 saturated heterocycles. The molecule has 196 valence electrons. The molecule has 2 bridgehead atoms. The molecule has 3 heterocycles. The summed E-state index contributed by atoms with van der Waals surface area (Å²) in [7, 11) is 0. The van der Waals surface area contributed by atoms with Crippen molar-refractivity contribution in [1.29, 1.82) is 0 Å². The van der Waals surface area contributed by atoms with Gasteiger partial charge in [-0.05, 0) is 49.9 Å². The van der Waals surface area contributed by atoms with E-state index in [0.29, 0.717) is 30.0 Å². The number of anilines is 1. The number of benzene rings is 1. The summed E-state index contributed by atoms with van der Waals surface area (Å²) in [6.45, 7) is 9.56. The quantitative estimate of drug-likeness (QED) is 0.377. The average Bonchev–Trinajstić information content (AvgIpc) is 3.51. The van der Waals surface area contributed by atoms with Crippen LogP contribution in [0.5, 0.6) is 0 Å². The SMILES string of the molecule is C=CCN(C(=O)[C@H]1N([C@@H](CO)[C@@H](C)CC)C(=O)[C@@H]2[C@@H](C(=O)OCC)[C@H]3CC[C@]21O3)c1ccc(Cl)cc1. The minimum absolute atomic E-state index is 0.0777. The molecule has 1 N–H and O–H groups in total. The Balaban J connectivity index is 1.83. The highest BCUT2D eigenvalue weighted by molar-refractivity contribution is 6.30. The van der Waals surface area contributed by atoms with Crippen molar-refractivity contribution < 1.29 is 29.0 Å². The van der Waals surface area contributed by atoms with Crippen molar-refractivity contribution in [2.75, 3.05) is 24.7 Å². The van der Waals surface area contributed by atoms with E-state index < -0.39 is 41.6 Å². The Bertz CT molecular complexity index is 1020. The lowest BCUT2D eigenvalue weighted by atomic mass is 9.70. The molecule has 3 aliphatic rings. The molecule has 8 nitrogen and oxygen atoms in total. The van der Waals surface area contributed by atoms with Crippen LogP contribution in [0.4, 0.5) is 5.69 Å². The maximum Gasteiger partial charge on any atom is 0.312 e. The molecule has 1 aromatic rings. The van der Waals surface area contributed by atoms with Gasteiger partial charge in [-0.1, -0.05) is 37.9 Å². The number of nitrogens with zero attached hydrogens (tertiary/aromatic N) is 2. The normalized spacial score (nSPS) is 30.1. The highest BCUT2D eigenvalue weighted by atomic mass is 35.5. The van der Waals surface area contributed by atoms with Crippen molar-refractivity contribution in [1.82, 2.24) is 4.90 Å². The number of aliphatic hydroxyl groups excluding tert-OH is 1. The molecule has 7 atom stereocenters. The van der Waals surface area contributed by atoms with Crippen molar-refractivity contribution in [2.45, 2.75) is 63.8 Å². The fraction of sp³-hybridized carbons (Fsp3) is 0.593. The summed E-state index contributed by atoms with van der Waals surface area (Å²) in [5.41, 5.74) is -0.557. The second-order valence-corrected chi connectivity index (χ2v) is 10.3. The molecule has 36 heavy (non-hydrogen) atoms. The molecule has 4 rings (SSSR count). The standard InChI is InChI=1S/C27H35ClN2O6/c1-5-14-29(18-10-8-17(28)9-11-18)25(33)23-27-13-12-20(36-27)21(26(34)35-7-3)22(27)24(32)30(23)19(15-31)16(4)6-2/h5,8-11,16,19-23,31H,1,6-7,12-15H2,2-4H3/t16-,19-,20+,21-,22-,23+,27-/m0/s1. The van der Waals surface area contributed by atoms with Gasteiger partial charge in [0.25, 0.3) is 5.91 Å². The summed E-state index contributed by atoms with van der Waals surface area (Å²) in [5, 5.41) is 10.9. The lowest BCUT2D eigenvalue weighted by Gasteiger charge is -2.40. The van der Waals surface area contributed by atoms with Crippen LogP contribution in [0, 0.1) is 17.8 Å². The van der Waals surface area contributed by atoms with E-state index in [9.17, 15) is 19.5 Å². The minimum Gasteiger partial charge on any atom is -0.466 e. The van der Waals surface area contributed by atoms with Crippen LogP contribution in [0.2, 0.25) is 5.02 Å². The lowest BCUT2D eigenvalue weighted by Crippen LogP contribution is -2.60. The van der Waals surface area contributed by atoms with Gasteiger partial charge in [0.05, 0.1) is 37.2 Å². The number of likely N-dealkylation sites (tertiary alicyclic amines) is 1. The molecular weight excluding hydrogens is 484 g/mol. The Morgan fingerprint density at radius 1 is 1.36 bits per heavy atom. The van der Waals surface area contributed by atoms with Gasteiger partial charge in [0.15, 0.2) is 0 Å². The first-order valence-electron chi connectivity index (χ1n) is 12.7. The van der Waals surface area contributed by atoms with Gasteiger partial charge in [-0.15, -0.1) is 6.58 Å². The van der Waals surface area contributed by atoms with Crippen LogP contribution in [0.3, 0.4) is 0 Å². The zero-order valence-electron chi connectivity index (χ0n) is 21.1. The van der Waals surface area contributed by atoms with Gasteiger partial charge in [-0.3, -0.25) is 14.4 Å². The minimum atomic E-state index is -1.16. The molecule has 0 radical (unpaired) electrons. The van der Waals surface area contributed by atoms with E-state index in [0.717, 1.165) is 0 Å². The molecule has 0 aromatic heterocycles. The van der Waals surface area contributed by atoms with Gasteiger partial charge in [0.2, 0.25) is 5.91 Å². The van der Waals surface area contributed by atoms with E-state index in [1.54, 1.807) is 42.2 Å². The Labute approximate surface area is 217 Å². The monoisotopic (exact) mass is 518 g/mol. The maximum atomic E-state index is 14.4. The first-order chi connectivity index (χ1) is 17.2. The highest BCUT2D eigenvalue weighted by Crippen LogP contribution is 2.59. The maximum absolute atomic E-state index is 14.4.